The van der Waals surface area contributed by atoms with Crippen molar-refractivity contribution in [2.24, 2.45) is 11.3 Å². The molecule has 0 radical (unpaired) electrons. The molecule has 1 saturated carbocycles. The van der Waals surface area contributed by atoms with Crippen molar-refractivity contribution in [3.63, 3.8) is 0 Å². The molecular formula is C22H24Cl4O2. The molecule has 2 aromatic carbocycles. The molecule has 1 aliphatic rings. The predicted molar refractivity (Wildman–Crippen MR) is 118 cm³/mol. The van der Waals surface area contributed by atoms with Crippen LogP contribution in [0.25, 0.3) is 0 Å². The maximum absolute atomic E-state index is 10.0. The van der Waals surface area contributed by atoms with Crippen LogP contribution in [-0.4, -0.2) is 10.2 Å². The molecule has 1 fully saturated rings. The van der Waals surface area contributed by atoms with Gasteiger partial charge in [-0.25, -0.2) is 0 Å². The minimum Gasteiger partial charge on any atom is -0.505 e. The highest BCUT2D eigenvalue weighted by Gasteiger charge is 2.42. The summed E-state index contributed by atoms with van der Waals surface area (Å²) in [6.45, 7) is 6.81. The maximum Gasteiger partial charge on any atom is 0.152 e. The molecule has 2 aromatic rings. The van der Waals surface area contributed by atoms with Crippen LogP contribution in [0.1, 0.15) is 57.6 Å². The van der Waals surface area contributed by atoms with Gasteiger partial charge in [0.25, 0.3) is 0 Å². The van der Waals surface area contributed by atoms with Gasteiger partial charge in [-0.1, -0.05) is 67.2 Å². The SMILES string of the molecule is CC(C)(C)C1CCC(c2cc(Cl)c(O)c(Cl)c2)(c2cc(Cl)c(O)c(Cl)c2)CC1. The summed E-state index contributed by atoms with van der Waals surface area (Å²) in [4.78, 5) is 0. The molecule has 3 rings (SSSR count). The quantitative estimate of drug-likeness (QED) is 0.472. The van der Waals surface area contributed by atoms with Gasteiger partial charge in [0.05, 0.1) is 20.1 Å². The van der Waals surface area contributed by atoms with Crippen molar-refractivity contribution >= 4 is 46.4 Å². The fourth-order valence-corrected chi connectivity index (χ4v) is 5.38. The number of phenolic OH excluding ortho intramolecular Hbond substituents is 2. The third-order valence-corrected chi connectivity index (χ3v) is 7.36. The van der Waals surface area contributed by atoms with Crippen LogP contribution in [0.3, 0.4) is 0 Å². The van der Waals surface area contributed by atoms with Crippen LogP contribution in [0.15, 0.2) is 24.3 Å². The predicted octanol–water partition coefficient (Wildman–Crippen LogP) is 8.23. The van der Waals surface area contributed by atoms with E-state index in [0.29, 0.717) is 5.92 Å². The third kappa shape index (κ3) is 3.94. The topological polar surface area (TPSA) is 40.5 Å². The number of hydrogen-bond donors (Lipinski definition) is 2. The molecule has 0 heterocycles. The Kier molecular flexibility index (Phi) is 6.10. The van der Waals surface area contributed by atoms with Gasteiger partial charge in [-0.3, -0.25) is 0 Å². The minimum absolute atomic E-state index is 0.118. The van der Waals surface area contributed by atoms with E-state index in [1.807, 2.05) is 0 Å². The van der Waals surface area contributed by atoms with Gasteiger partial charge in [-0.15, -0.1) is 0 Å². The second kappa shape index (κ2) is 7.80. The van der Waals surface area contributed by atoms with Crippen molar-refractivity contribution in [1.82, 2.24) is 0 Å². The highest BCUT2D eigenvalue weighted by atomic mass is 35.5. The van der Waals surface area contributed by atoms with E-state index in [-0.39, 0.29) is 37.0 Å². The van der Waals surface area contributed by atoms with E-state index in [1.54, 1.807) is 24.3 Å². The van der Waals surface area contributed by atoms with E-state index in [9.17, 15) is 10.2 Å². The number of benzene rings is 2. The molecule has 1 aliphatic carbocycles. The van der Waals surface area contributed by atoms with Crippen molar-refractivity contribution in [2.75, 3.05) is 0 Å². The van der Waals surface area contributed by atoms with Crippen LogP contribution in [0.2, 0.25) is 20.1 Å². The maximum atomic E-state index is 10.0. The molecule has 0 saturated heterocycles. The van der Waals surface area contributed by atoms with E-state index in [4.69, 9.17) is 46.4 Å². The van der Waals surface area contributed by atoms with E-state index in [0.717, 1.165) is 36.8 Å². The van der Waals surface area contributed by atoms with Crippen LogP contribution in [-0.2, 0) is 5.41 Å². The first kappa shape index (κ1) is 21.9. The number of phenols is 2. The molecule has 0 unspecified atom stereocenters. The second-order valence-electron chi connectivity index (χ2n) is 8.80. The van der Waals surface area contributed by atoms with Gasteiger partial charge in [-0.2, -0.15) is 0 Å². The first-order chi connectivity index (χ1) is 13.0. The summed E-state index contributed by atoms with van der Waals surface area (Å²) in [5, 5.41) is 20.9. The molecule has 0 spiro atoms. The van der Waals surface area contributed by atoms with Gasteiger partial charge in [0.2, 0.25) is 0 Å². The molecule has 0 atom stereocenters. The summed E-state index contributed by atoms with van der Waals surface area (Å²) in [7, 11) is 0. The summed E-state index contributed by atoms with van der Waals surface area (Å²) < 4.78 is 0. The van der Waals surface area contributed by atoms with Crippen molar-refractivity contribution in [3.8, 4) is 11.5 Å². The summed E-state index contributed by atoms with van der Waals surface area (Å²) in [6, 6.07) is 7.09. The zero-order chi connectivity index (χ0) is 20.9. The summed E-state index contributed by atoms with van der Waals surface area (Å²) in [5.41, 5.74) is 1.67. The van der Waals surface area contributed by atoms with Crippen LogP contribution in [0.4, 0.5) is 0 Å². The summed E-state index contributed by atoms with van der Waals surface area (Å²) in [5.74, 6) is 0.353. The van der Waals surface area contributed by atoms with E-state index < -0.39 is 5.41 Å². The Bertz CT molecular complexity index is 788. The van der Waals surface area contributed by atoms with E-state index in [1.165, 1.54) is 0 Å². The zero-order valence-electron chi connectivity index (χ0n) is 16.1. The molecule has 2 nitrogen and oxygen atoms in total. The lowest BCUT2D eigenvalue weighted by Gasteiger charge is -2.45. The summed E-state index contributed by atoms with van der Waals surface area (Å²) in [6.07, 6.45) is 3.78. The van der Waals surface area contributed by atoms with Gasteiger partial charge in [0, 0.05) is 5.41 Å². The van der Waals surface area contributed by atoms with Gasteiger partial charge >= 0.3 is 0 Å². The lowest BCUT2D eigenvalue weighted by Crippen LogP contribution is -2.36. The molecule has 6 heteroatoms. The average molecular weight is 462 g/mol. The van der Waals surface area contributed by atoms with Crippen LogP contribution in [0, 0.1) is 11.3 Å². The first-order valence-electron chi connectivity index (χ1n) is 9.32. The fourth-order valence-electron chi connectivity index (χ4n) is 4.40. The number of rotatable bonds is 2. The van der Waals surface area contributed by atoms with E-state index in [2.05, 4.69) is 20.8 Å². The largest absolute Gasteiger partial charge is 0.505 e. The third-order valence-electron chi connectivity index (χ3n) is 6.20. The molecule has 0 bridgehead atoms. The minimum atomic E-state index is -0.399. The number of halogens is 4. The lowest BCUT2D eigenvalue weighted by atomic mass is 9.59. The fraction of sp³-hybridized carbons (Fsp3) is 0.455. The van der Waals surface area contributed by atoms with Crippen LogP contribution in [0.5, 0.6) is 11.5 Å². The molecule has 2 N–H and O–H groups in total. The lowest BCUT2D eigenvalue weighted by molar-refractivity contribution is 0.146. The van der Waals surface area contributed by atoms with Gasteiger partial charge < -0.3 is 10.2 Å². The standard InChI is InChI=1S/C22H24Cl4O2/c1-21(2,3)12-4-6-22(7-5-12,13-8-15(23)19(27)16(24)9-13)14-10-17(25)20(28)18(26)11-14/h8-12,27-28H,4-7H2,1-3H3. The van der Waals surface area contributed by atoms with Crippen LogP contribution >= 0.6 is 46.4 Å². The highest BCUT2D eigenvalue weighted by Crippen LogP contribution is 2.53. The molecule has 0 aromatic heterocycles. The van der Waals surface area contributed by atoms with E-state index >= 15 is 0 Å². The number of hydrogen-bond acceptors (Lipinski definition) is 2. The number of aromatic hydroxyl groups is 2. The average Bonchev–Trinajstić information content (AvgIpc) is 2.62. The molecule has 0 amide bonds. The molecule has 28 heavy (non-hydrogen) atoms. The Morgan fingerprint density at radius 3 is 1.36 bits per heavy atom. The van der Waals surface area contributed by atoms with Crippen molar-refractivity contribution in [3.05, 3.63) is 55.5 Å². The molecular weight excluding hydrogens is 438 g/mol. The highest BCUT2D eigenvalue weighted by molar-refractivity contribution is 6.37. The first-order valence-corrected chi connectivity index (χ1v) is 10.8. The Hall–Kier alpha value is -0.800. The Morgan fingerprint density at radius 2 is 1.07 bits per heavy atom. The van der Waals surface area contributed by atoms with Crippen molar-refractivity contribution in [1.29, 1.82) is 0 Å². The molecule has 152 valence electrons. The Labute approximate surface area is 186 Å². The normalized spacial score (nSPS) is 17.7. The van der Waals surface area contributed by atoms with Crippen molar-refractivity contribution in [2.45, 2.75) is 51.9 Å². The zero-order valence-corrected chi connectivity index (χ0v) is 19.1. The van der Waals surface area contributed by atoms with Crippen LogP contribution < -0.4 is 0 Å². The van der Waals surface area contributed by atoms with Gasteiger partial charge in [0.15, 0.2) is 11.5 Å². The van der Waals surface area contributed by atoms with Gasteiger partial charge in [0.1, 0.15) is 0 Å². The smallest absolute Gasteiger partial charge is 0.152 e. The Balaban J connectivity index is 2.16. The van der Waals surface area contributed by atoms with Crippen molar-refractivity contribution < 1.29 is 10.2 Å². The Morgan fingerprint density at radius 1 is 0.750 bits per heavy atom. The second-order valence-corrected chi connectivity index (χ2v) is 10.4. The van der Waals surface area contributed by atoms with Gasteiger partial charge in [-0.05, 0) is 72.4 Å². The monoisotopic (exact) mass is 460 g/mol. The summed E-state index contributed by atoms with van der Waals surface area (Å²) >= 11 is 25.0. The molecule has 0 aliphatic heterocycles.